The second kappa shape index (κ2) is 8.06. The van der Waals surface area contributed by atoms with Crippen molar-refractivity contribution >= 4 is 23.3 Å². The third-order valence-corrected chi connectivity index (χ3v) is 4.94. The molecule has 0 saturated heterocycles. The molecule has 1 atom stereocenters. The number of ether oxygens (including phenoxy) is 1. The first kappa shape index (κ1) is 18.8. The summed E-state index contributed by atoms with van der Waals surface area (Å²) < 4.78 is 5.83. The number of carbonyl (C=O) groups is 1. The Morgan fingerprint density at radius 1 is 1.46 bits per heavy atom. The largest absolute Gasteiger partial charge is 0.511 e. The molecule has 5 nitrogen and oxygen atoms in total. The van der Waals surface area contributed by atoms with E-state index in [0.717, 1.165) is 38.5 Å². The van der Waals surface area contributed by atoms with Gasteiger partial charge < -0.3 is 14.7 Å². The van der Waals surface area contributed by atoms with Crippen LogP contribution >= 0.6 is 11.6 Å². The summed E-state index contributed by atoms with van der Waals surface area (Å²) in [5, 5.41) is 15.0. The molecule has 1 heterocycles. The molecule has 1 saturated carbocycles. The molecule has 1 spiro atoms. The van der Waals surface area contributed by atoms with Crippen molar-refractivity contribution in [2.45, 2.75) is 64.4 Å². The lowest BCUT2D eigenvalue weighted by atomic mass is 9.73. The van der Waals surface area contributed by atoms with Gasteiger partial charge in [0.1, 0.15) is 16.9 Å². The Labute approximate surface area is 148 Å². The molecular weight excluding hydrogens is 330 g/mol. The van der Waals surface area contributed by atoms with Crippen molar-refractivity contribution in [3.8, 4) is 0 Å². The number of nitrogens with zero attached hydrogens (tertiary/aromatic N) is 1. The highest BCUT2D eigenvalue weighted by Gasteiger charge is 2.49. The van der Waals surface area contributed by atoms with Crippen LogP contribution in [0, 0.1) is 5.92 Å². The molecule has 1 aliphatic heterocycles. The van der Waals surface area contributed by atoms with E-state index in [-0.39, 0.29) is 23.9 Å². The van der Waals surface area contributed by atoms with Gasteiger partial charge in [-0.05, 0) is 32.1 Å². The van der Waals surface area contributed by atoms with E-state index in [1.807, 2.05) is 13.8 Å². The summed E-state index contributed by atoms with van der Waals surface area (Å²) in [6.45, 7) is 7.46. The predicted octanol–water partition coefficient (Wildman–Crippen LogP) is 4.62. The fraction of sp³-hybridized carbons (Fsp3) is 0.667. The number of hydrogen-bond acceptors (Lipinski definition) is 5. The molecule has 1 N–H and O–H groups in total. The molecule has 1 aliphatic carbocycles. The number of hydrogen-bond donors (Lipinski definition) is 1. The van der Waals surface area contributed by atoms with Crippen molar-refractivity contribution in [1.29, 1.82) is 0 Å². The molecule has 0 bridgehead atoms. The maximum atomic E-state index is 12.6. The van der Waals surface area contributed by atoms with E-state index in [0.29, 0.717) is 17.2 Å². The standard InChI is InChI=1S/C18H26ClNO4/c1-4-8-14(20-23-11-12(2)19)15-16(21)13(3)18(24-17(15)22)9-6-5-7-10-18/h13,21H,2,4-11H2,1,3H3/b20-14-. The van der Waals surface area contributed by atoms with Gasteiger partial charge in [0.15, 0.2) is 6.61 Å². The smallest absolute Gasteiger partial charge is 0.344 e. The number of aliphatic hydroxyl groups excluding tert-OH is 1. The third kappa shape index (κ3) is 3.94. The summed E-state index contributed by atoms with van der Waals surface area (Å²) in [4.78, 5) is 17.8. The lowest BCUT2D eigenvalue weighted by Crippen LogP contribution is -2.48. The normalized spacial score (nSPS) is 24.0. The van der Waals surface area contributed by atoms with Gasteiger partial charge in [-0.1, -0.05) is 50.0 Å². The first-order valence-corrected chi connectivity index (χ1v) is 8.98. The van der Waals surface area contributed by atoms with Crippen molar-refractivity contribution < 1.29 is 19.5 Å². The van der Waals surface area contributed by atoms with Gasteiger partial charge in [0.25, 0.3) is 0 Å². The first-order valence-electron chi connectivity index (χ1n) is 8.60. The van der Waals surface area contributed by atoms with Gasteiger partial charge in [-0.15, -0.1) is 0 Å². The number of esters is 1. The third-order valence-electron chi connectivity index (χ3n) is 4.83. The van der Waals surface area contributed by atoms with Crippen molar-refractivity contribution in [3.05, 3.63) is 22.9 Å². The second-order valence-corrected chi connectivity index (χ2v) is 7.11. The summed E-state index contributed by atoms with van der Waals surface area (Å²) >= 11 is 5.66. The average molecular weight is 356 g/mol. The van der Waals surface area contributed by atoms with E-state index in [4.69, 9.17) is 21.2 Å². The summed E-state index contributed by atoms with van der Waals surface area (Å²) in [5.41, 5.74) is -0.0397. The molecule has 2 rings (SSSR count). The van der Waals surface area contributed by atoms with Crippen molar-refractivity contribution in [1.82, 2.24) is 0 Å². The molecule has 6 heteroatoms. The SMILES string of the molecule is C=C(Cl)CO/N=C(/CCC)C1=C(O)C(C)C2(CCCCC2)OC1=O. The van der Waals surface area contributed by atoms with Crippen LogP contribution in [-0.4, -0.2) is 29.0 Å². The van der Waals surface area contributed by atoms with Crippen LogP contribution in [0.4, 0.5) is 0 Å². The van der Waals surface area contributed by atoms with E-state index in [9.17, 15) is 9.90 Å². The molecule has 0 amide bonds. The molecule has 0 aromatic rings. The molecule has 1 fully saturated rings. The summed E-state index contributed by atoms with van der Waals surface area (Å²) in [5.74, 6) is -0.683. The van der Waals surface area contributed by atoms with Gasteiger partial charge in [0.05, 0.1) is 16.7 Å². The fourth-order valence-corrected chi connectivity index (χ4v) is 3.53. The zero-order valence-corrected chi connectivity index (χ0v) is 15.2. The second-order valence-electron chi connectivity index (χ2n) is 6.58. The number of carbonyl (C=O) groups excluding carboxylic acids is 1. The molecule has 134 valence electrons. The van der Waals surface area contributed by atoms with Gasteiger partial charge in [-0.25, -0.2) is 4.79 Å². The lowest BCUT2D eigenvalue weighted by Gasteiger charge is -2.44. The average Bonchev–Trinajstić information content (AvgIpc) is 2.53. The number of rotatable bonds is 6. The predicted molar refractivity (Wildman–Crippen MR) is 94.0 cm³/mol. The highest BCUT2D eigenvalue weighted by Crippen LogP contribution is 2.44. The quantitative estimate of drug-likeness (QED) is 0.429. The van der Waals surface area contributed by atoms with Crippen molar-refractivity contribution in [2.75, 3.05) is 6.61 Å². The Bertz CT molecular complexity index is 561. The summed E-state index contributed by atoms with van der Waals surface area (Å²) in [6, 6.07) is 0. The Hall–Kier alpha value is -1.49. The molecule has 0 aromatic carbocycles. The van der Waals surface area contributed by atoms with Crippen molar-refractivity contribution in [2.24, 2.45) is 11.1 Å². The van der Waals surface area contributed by atoms with E-state index < -0.39 is 11.6 Å². The molecule has 2 aliphatic rings. The van der Waals surface area contributed by atoms with E-state index >= 15 is 0 Å². The highest BCUT2D eigenvalue weighted by atomic mass is 35.5. The van der Waals surface area contributed by atoms with Crippen LogP contribution in [0.3, 0.4) is 0 Å². The molecule has 0 radical (unpaired) electrons. The monoisotopic (exact) mass is 355 g/mol. The van der Waals surface area contributed by atoms with E-state index in [1.54, 1.807) is 0 Å². The molecular formula is C18H26ClNO4. The Balaban J connectivity index is 2.31. The number of halogens is 1. The van der Waals surface area contributed by atoms with Gasteiger partial charge in [0, 0.05) is 0 Å². The van der Waals surface area contributed by atoms with Crippen LogP contribution in [0.2, 0.25) is 0 Å². The minimum atomic E-state index is -0.578. The Morgan fingerprint density at radius 3 is 2.71 bits per heavy atom. The maximum Gasteiger partial charge on any atom is 0.344 e. The Kier molecular flexibility index (Phi) is 6.33. The minimum absolute atomic E-state index is 0.0529. The van der Waals surface area contributed by atoms with Crippen LogP contribution in [0.1, 0.15) is 58.8 Å². The van der Waals surface area contributed by atoms with Crippen molar-refractivity contribution in [3.63, 3.8) is 0 Å². The molecule has 0 aromatic heterocycles. The molecule has 1 unspecified atom stereocenters. The van der Waals surface area contributed by atoms with Gasteiger partial charge in [-0.3, -0.25) is 0 Å². The topological polar surface area (TPSA) is 68.1 Å². The van der Waals surface area contributed by atoms with Crippen LogP contribution < -0.4 is 0 Å². The number of oxime groups is 1. The fourth-order valence-electron chi connectivity index (χ4n) is 3.48. The van der Waals surface area contributed by atoms with Gasteiger partial charge >= 0.3 is 5.97 Å². The minimum Gasteiger partial charge on any atom is -0.511 e. The zero-order chi connectivity index (χ0) is 17.7. The number of aliphatic hydroxyl groups is 1. The van der Waals surface area contributed by atoms with Gasteiger partial charge in [0.2, 0.25) is 0 Å². The molecule has 24 heavy (non-hydrogen) atoms. The summed E-state index contributed by atoms with van der Waals surface area (Å²) in [6.07, 6.45) is 6.01. The lowest BCUT2D eigenvalue weighted by molar-refractivity contribution is -0.169. The first-order chi connectivity index (χ1) is 11.4. The summed E-state index contributed by atoms with van der Waals surface area (Å²) in [7, 11) is 0. The Morgan fingerprint density at radius 2 is 2.12 bits per heavy atom. The van der Waals surface area contributed by atoms with Crippen LogP contribution in [0.5, 0.6) is 0 Å². The van der Waals surface area contributed by atoms with E-state index in [1.165, 1.54) is 0 Å². The maximum absolute atomic E-state index is 12.6. The van der Waals surface area contributed by atoms with Crippen LogP contribution in [-0.2, 0) is 14.4 Å². The zero-order valence-electron chi connectivity index (χ0n) is 14.4. The highest BCUT2D eigenvalue weighted by molar-refractivity contribution is 6.29. The van der Waals surface area contributed by atoms with Crippen LogP contribution in [0.25, 0.3) is 0 Å². The van der Waals surface area contributed by atoms with Gasteiger partial charge in [-0.2, -0.15) is 0 Å². The van der Waals surface area contributed by atoms with Crippen LogP contribution in [0.15, 0.2) is 28.1 Å². The van der Waals surface area contributed by atoms with E-state index in [2.05, 4.69) is 11.7 Å².